The number of ketones is 1. The molecular formula is C18H20N2O3. The van der Waals surface area contributed by atoms with Gasteiger partial charge in [0.15, 0.2) is 11.5 Å². The van der Waals surface area contributed by atoms with E-state index < -0.39 is 0 Å². The van der Waals surface area contributed by atoms with E-state index in [2.05, 4.69) is 5.32 Å². The molecule has 1 saturated carbocycles. The molecule has 1 aliphatic carbocycles. The summed E-state index contributed by atoms with van der Waals surface area (Å²) in [6, 6.07) is 10.5. The van der Waals surface area contributed by atoms with Crippen LogP contribution in [0.25, 0.3) is 11.3 Å². The average Bonchev–Trinajstić information content (AvgIpc) is 3.29. The van der Waals surface area contributed by atoms with Crippen molar-refractivity contribution in [3.05, 3.63) is 47.7 Å². The summed E-state index contributed by atoms with van der Waals surface area (Å²) in [5, 5.41) is 2.81. The van der Waals surface area contributed by atoms with Crippen LogP contribution in [0.1, 0.15) is 40.7 Å². The molecule has 0 bridgehead atoms. The molecule has 0 spiro atoms. The van der Waals surface area contributed by atoms with Gasteiger partial charge in [-0.05, 0) is 37.8 Å². The van der Waals surface area contributed by atoms with Crippen LogP contribution in [-0.2, 0) is 0 Å². The predicted octanol–water partition coefficient (Wildman–Crippen LogP) is 2.62. The third-order valence-electron chi connectivity index (χ3n) is 4.13. The van der Waals surface area contributed by atoms with Gasteiger partial charge in [-0.3, -0.25) is 9.59 Å². The van der Waals surface area contributed by atoms with Gasteiger partial charge in [0.2, 0.25) is 0 Å². The molecule has 3 rings (SSSR count). The molecule has 1 fully saturated rings. The fourth-order valence-electron chi connectivity index (χ4n) is 2.47. The average molecular weight is 312 g/mol. The van der Waals surface area contributed by atoms with Crippen LogP contribution >= 0.6 is 0 Å². The van der Waals surface area contributed by atoms with Crippen molar-refractivity contribution in [2.45, 2.75) is 25.8 Å². The molecule has 5 heteroatoms. The topological polar surface area (TPSA) is 85.3 Å². The van der Waals surface area contributed by atoms with Crippen molar-refractivity contribution in [3.8, 4) is 11.3 Å². The Balaban J connectivity index is 1.64. The number of benzene rings is 1. The first-order valence-corrected chi connectivity index (χ1v) is 7.79. The highest BCUT2D eigenvalue weighted by molar-refractivity contribution is 5.94. The Morgan fingerprint density at radius 2 is 1.91 bits per heavy atom. The van der Waals surface area contributed by atoms with Gasteiger partial charge in [-0.25, -0.2) is 0 Å². The zero-order valence-electron chi connectivity index (χ0n) is 13.0. The Bertz CT molecular complexity index is 714. The molecular weight excluding hydrogens is 292 g/mol. The summed E-state index contributed by atoms with van der Waals surface area (Å²) in [6.45, 7) is 1.99. The van der Waals surface area contributed by atoms with E-state index in [9.17, 15) is 9.59 Å². The van der Waals surface area contributed by atoms with Gasteiger partial charge in [-0.1, -0.05) is 24.3 Å². The maximum Gasteiger partial charge on any atom is 0.287 e. The van der Waals surface area contributed by atoms with Crippen molar-refractivity contribution in [1.29, 1.82) is 0 Å². The summed E-state index contributed by atoms with van der Waals surface area (Å²) in [4.78, 5) is 23.4. The van der Waals surface area contributed by atoms with Crippen molar-refractivity contribution >= 4 is 11.7 Å². The summed E-state index contributed by atoms with van der Waals surface area (Å²) in [6.07, 6.45) is 2.30. The van der Waals surface area contributed by atoms with Gasteiger partial charge in [0.05, 0.1) is 0 Å². The number of carbonyl (C=O) groups is 2. The lowest BCUT2D eigenvalue weighted by atomic mass is 10.1. The number of nitrogens with one attached hydrogen (secondary N) is 1. The molecule has 1 aromatic carbocycles. The summed E-state index contributed by atoms with van der Waals surface area (Å²) in [5.74, 6) is 1.16. The minimum Gasteiger partial charge on any atom is -0.451 e. The second-order valence-corrected chi connectivity index (χ2v) is 6.01. The Morgan fingerprint density at radius 3 is 2.52 bits per heavy atom. The quantitative estimate of drug-likeness (QED) is 0.803. The molecule has 5 nitrogen and oxygen atoms in total. The van der Waals surface area contributed by atoms with Crippen LogP contribution < -0.4 is 11.1 Å². The van der Waals surface area contributed by atoms with E-state index in [1.54, 1.807) is 36.4 Å². The molecule has 1 aromatic heterocycles. The molecule has 120 valence electrons. The second-order valence-electron chi connectivity index (χ2n) is 6.01. The molecule has 0 aliphatic heterocycles. The second kappa shape index (κ2) is 6.38. The fourth-order valence-corrected chi connectivity index (χ4v) is 2.47. The SMILES string of the molecule is CC(=O)c1ccc(-c2ccc(C(=O)NCC(N)C3CC3)o2)cc1. The number of rotatable bonds is 6. The first-order chi connectivity index (χ1) is 11.0. The van der Waals surface area contributed by atoms with Crippen molar-refractivity contribution < 1.29 is 14.0 Å². The van der Waals surface area contributed by atoms with E-state index in [0.29, 0.717) is 23.8 Å². The van der Waals surface area contributed by atoms with E-state index in [0.717, 1.165) is 18.4 Å². The van der Waals surface area contributed by atoms with Crippen LogP contribution in [-0.4, -0.2) is 24.3 Å². The molecule has 1 amide bonds. The third-order valence-corrected chi connectivity index (χ3v) is 4.13. The first kappa shape index (κ1) is 15.5. The monoisotopic (exact) mass is 312 g/mol. The van der Waals surface area contributed by atoms with Crippen LogP contribution in [0.5, 0.6) is 0 Å². The number of hydrogen-bond donors (Lipinski definition) is 2. The Morgan fingerprint density at radius 1 is 1.22 bits per heavy atom. The van der Waals surface area contributed by atoms with Crippen LogP contribution in [0.3, 0.4) is 0 Å². The van der Waals surface area contributed by atoms with Crippen molar-refractivity contribution in [2.24, 2.45) is 11.7 Å². The van der Waals surface area contributed by atoms with Crippen LogP contribution in [0.15, 0.2) is 40.8 Å². The minimum atomic E-state index is -0.257. The van der Waals surface area contributed by atoms with Crippen molar-refractivity contribution in [1.82, 2.24) is 5.32 Å². The van der Waals surface area contributed by atoms with E-state index in [1.807, 2.05) is 0 Å². The van der Waals surface area contributed by atoms with E-state index >= 15 is 0 Å². The lowest BCUT2D eigenvalue weighted by molar-refractivity contribution is 0.0923. The Labute approximate surface area is 134 Å². The highest BCUT2D eigenvalue weighted by atomic mass is 16.3. The number of furan rings is 1. The largest absolute Gasteiger partial charge is 0.451 e. The summed E-state index contributed by atoms with van der Waals surface area (Å²) in [5.41, 5.74) is 7.44. The van der Waals surface area contributed by atoms with Crippen LogP contribution in [0, 0.1) is 5.92 Å². The van der Waals surface area contributed by atoms with Crippen LogP contribution in [0.2, 0.25) is 0 Å². The fraction of sp³-hybridized carbons (Fsp3) is 0.333. The number of hydrogen-bond acceptors (Lipinski definition) is 4. The number of amides is 1. The molecule has 3 N–H and O–H groups in total. The van der Waals surface area contributed by atoms with E-state index in [4.69, 9.17) is 10.2 Å². The Kier molecular flexibility index (Phi) is 4.30. The number of nitrogens with two attached hydrogens (primary N) is 1. The maximum absolute atomic E-state index is 12.1. The summed E-state index contributed by atoms with van der Waals surface area (Å²) < 4.78 is 5.60. The first-order valence-electron chi connectivity index (χ1n) is 7.79. The van der Waals surface area contributed by atoms with E-state index in [1.165, 1.54) is 6.92 Å². The zero-order chi connectivity index (χ0) is 16.4. The van der Waals surface area contributed by atoms with Gasteiger partial charge < -0.3 is 15.5 Å². The molecule has 1 unspecified atom stereocenters. The number of Topliss-reactive ketones (excluding diaryl/α,β-unsaturated/α-hetero) is 1. The number of carbonyl (C=O) groups excluding carboxylic acids is 2. The van der Waals surface area contributed by atoms with Crippen molar-refractivity contribution in [3.63, 3.8) is 0 Å². The lowest BCUT2D eigenvalue weighted by Gasteiger charge is -2.10. The minimum absolute atomic E-state index is 0.0167. The van der Waals surface area contributed by atoms with Crippen LogP contribution in [0.4, 0.5) is 0 Å². The molecule has 0 saturated heterocycles. The van der Waals surface area contributed by atoms with Gasteiger partial charge in [-0.15, -0.1) is 0 Å². The molecule has 1 aliphatic rings. The smallest absolute Gasteiger partial charge is 0.287 e. The van der Waals surface area contributed by atoms with Gasteiger partial charge >= 0.3 is 0 Å². The highest BCUT2D eigenvalue weighted by Gasteiger charge is 2.28. The molecule has 1 heterocycles. The van der Waals surface area contributed by atoms with Crippen molar-refractivity contribution in [2.75, 3.05) is 6.54 Å². The standard InChI is InChI=1S/C18H20N2O3/c1-11(21)12-2-6-14(7-3-12)16-8-9-17(23-16)18(22)20-10-15(19)13-4-5-13/h2-3,6-9,13,15H,4-5,10,19H2,1H3,(H,20,22). The molecule has 23 heavy (non-hydrogen) atoms. The van der Waals surface area contributed by atoms with Gasteiger partial charge in [0, 0.05) is 23.7 Å². The molecule has 1 atom stereocenters. The summed E-state index contributed by atoms with van der Waals surface area (Å²) >= 11 is 0. The van der Waals surface area contributed by atoms with Gasteiger partial charge in [-0.2, -0.15) is 0 Å². The molecule has 0 radical (unpaired) electrons. The molecule has 2 aromatic rings. The lowest BCUT2D eigenvalue weighted by Crippen LogP contribution is -2.38. The highest BCUT2D eigenvalue weighted by Crippen LogP contribution is 2.31. The Hall–Kier alpha value is -2.40. The zero-order valence-corrected chi connectivity index (χ0v) is 13.0. The van der Waals surface area contributed by atoms with Gasteiger partial charge in [0.25, 0.3) is 5.91 Å². The predicted molar refractivity (Wildman–Crippen MR) is 87.2 cm³/mol. The third kappa shape index (κ3) is 3.68. The van der Waals surface area contributed by atoms with E-state index in [-0.39, 0.29) is 23.5 Å². The maximum atomic E-state index is 12.1. The normalized spacial score (nSPS) is 15.2. The van der Waals surface area contributed by atoms with Gasteiger partial charge in [0.1, 0.15) is 5.76 Å². The summed E-state index contributed by atoms with van der Waals surface area (Å²) in [7, 11) is 0.